The standard InChI is InChI=1S/C10H5F3N2O5S/c11-10(12,13)21(18,19)20-8-4-5-14-9-6(8)2-1-3-7(9)15(16)17/h1-5H. The number of aromatic nitrogens is 1. The monoisotopic (exact) mass is 322 g/mol. The Labute approximate surface area is 115 Å². The molecule has 0 aliphatic rings. The van der Waals surface area contributed by atoms with Crippen molar-refractivity contribution in [2.75, 3.05) is 0 Å². The number of halogens is 3. The molecule has 0 atom stereocenters. The number of para-hydroxylation sites is 1. The van der Waals surface area contributed by atoms with E-state index in [1.807, 2.05) is 0 Å². The Hall–Kier alpha value is -2.43. The van der Waals surface area contributed by atoms with Gasteiger partial charge in [0.05, 0.1) is 10.3 Å². The molecule has 1 heterocycles. The summed E-state index contributed by atoms with van der Waals surface area (Å²) in [5.41, 5.74) is -6.37. The van der Waals surface area contributed by atoms with E-state index < -0.39 is 32.0 Å². The summed E-state index contributed by atoms with van der Waals surface area (Å²) in [6.07, 6.45) is 0.913. The fourth-order valence-electron chi connectivity index (χ4n) is 1.52. The highest BCUT2D eigenvalue weighted by atomic mass is 32.2. The van der Waals surface area contributed by atoms with E-state index in [0.717, 1.165) is 24.4 Å². The summed E-state index contributed by atoms with van der Waals surface area (Å²) >= 11 is 0. The van der Waals surface area contributed by atoms with E-state index in [2.05, 4.69) is 9.17 Å². The molecule has 0 spiro atoms. The summed E-state index contributed by atoms with van der Waals surface area (Å²) in [6, 6.07) is 4.29. The summed E-state index contributed by atoms with van der Waals surface area (Å²) in [7, 11) is -5.87. The Kier molecular flexibility index (Phi) is 3.45. The smallest absolute Gasteiger partial charge is 0.375 e. The zero-order chi connectivity index (χ0) is 15.8. The molecule has 0 amide bonds. The number of nitro benzene ring substituents is 1. The molecule has 11 heteroatoms. The first-order valence-corrected chi connectivity index (χ1v) is 6.57. The second-order valence-electron chi connectivity index (χ2n) is 3.72. The van der Waals surface area contributed by atoms with Crippen molar-refractivity contribution in [3.05, 3.63) is 40.6 Å². The summed E-state index contributed by atoms with van der Waals surface area (Å²) < 4.78 is 62.8. The van der Waals surface area contributed by atoms with Gasteiger partial charge < -0.3 is 4.18 Å². The molecule has 0 fully saturated rings. The number of benzene rings is 1. The number of rotatable bonds is 3. The molecule has 0 N–H and O–H groups in total. The van der Waals surface area contributed by atoms with Crippen LogP contribution in [-0.2, 0) is 10.1 Å². The summed E-state index contributed by atoms with van der Waals surface area (Å²) in [5.74, 6) is -0.693. The van der Waals surface area contributed by atoms with Gasteiger partial charge in [0.1, 0.15) is 0 Å². The van der Waals surface area contributed by atoms with E-state index in [-0.39, 0.29) is 10.9 Å². The van der Waals surface area contributed by atoms with Crippen LogP contribution in [0.2, 0.25) is 0 Å². The van der Waals surface area contributed by atoms with E-state index in [1.54, 1.807) is 0 Å². The maximum atomic E-state index is 12.3. The molecular weight excluding hydrogens is 317 g/mol. The highest BCUT2D eigenvalue weighted by molar-refractivity contribution is 7.88. The lowest BCUT2D eigenvalue weighted by atomic mass is 10.2. The van der Waals surface area contributed by atoms with Crippen LogP contribution in [0.15, 0.2) is 30.5 Å². The number of nitro groups is 1. The van der Waals surface area contributed by atoms with Crippen molar-refractivity contribution in [2.45, 2.75) is 5.51 Å². The largest absolute Gasteiger partial charge is 0.534 e. The number of nitrogens with zero attached hydrogens (tertiary/aromatic N) is 2. The molecule has 7 nitrogen and oxygen atoms in total. The minimum Gasteiger partial charge on any atom is -0.375 e. The van der Waals surface area contributed by atoms with Crippen molar-refractivity contribution in [1.29, 1.82) is 0 Å². The lowest BCUT2D eigenvalue weighted by Crippen LogP contribution is -2.28. The van der Waals surface area contributed by atoms with Gasteiger partial charge in [0.15, 0.2) is 11.3 Å². The maximum Gasteiger partial charge on any atom is 0.534 e. The maximum absolute atomic E-state index is 12.3. The Morgan fingerprint density at radius 3 is 2.48 bits per heavy atom. The van der Waals surface area contributed by atoms with Gasteiger partial charge in [0.25, 0.3) is 5.69 Å². The fraction of sp³-hybridized carbons (Fsp3) is 0.100. The molecule has 0 bridgehead atoms. The van der Waals surface area contributed by atoms with Crippen LogP contribution in [0, 0.1) is 10.1 Å². The molecular formula is C10H5F3N2O5S. The molecule has 0 aliphatic carbocycles. The lowest BCUT2D eigenvalue weighted by molar-refractivity contribution is -0.383. The molecule has 0 aliphatic heterocycles. The Bertz CT molecular complexity index is 819. The predicted octanol–water partition coefficient (Wildman–Crippen LogP) is 2.37. The van der Waals surface area contributed by atoms with E-state index >= 15 is 0 Å². The minimum atomic E-state index is -5.87. The minimum absolute atomic E-state index is 0.223. The van der Waals surface area contributed by atoms with Gasteiger partial charge in [-0.2, -0.15) is 21.6 Å². The van der Waals surface area contributed by atoms with Gasteiger partial charge in [-0.15, -0.1) is 0 Å². The number of alkyl halides is 3. The summed E-state index contributed by atoms with van der Waals surface area (Å²) in [4.78, 5) is 13.7. The quantitative estimate of drug-likeness (QED) is 0.372. The zero-order valence-corrected chi connectivity index (χ0v) is 10.7. The first kappa shape index (κ1) is 15.0. The zero-order valence-electron chi connectivity index (χ0n) is 9.86. The number of fused-ring (bicyclic) bond motifs is 1. The van der Waals surface area contributed by atoms with E-state index in [4.69, 9.17) is 0 Å². The predicted molar refractivity (Wildman–Crippen MR) is 64.0 cm³/mol. The van der Waals surface area contributed by atoms with Gasteiger partial charge in [0, 0.05) is 18.3 Å². The molecule has 21 heavy (non-hydrogen) atoms. The van der Waals surface area contributed by atoms with Crippen LogP contribution in [-0.4, -0.2) is 23.8 Å². The number of non-ortho nitro benzene ring substituents is 1. The molecule has 0 saturated heterocycles. The number of hydrogen-bond acceptors (Lipinski definition) is 6. The van der Waals surface area contributed by atoms with E-state index in [1.165, 1.54) is 6.07 Å². The van der Waals surface area contributed by atoms with Crippen LogP contribution in [0.5, 0.6) is 5.75 Å². The van der Waals surface area contributed by atoms with Crippen LogP contribution in [0.4, 0.5) is 18.9 Å². The van der Waals surface area contributed by atoms with Crippen molar-refractivity contribution in [3.63, 3.8) is 0 Å². The van der Waals surface area contributed by atoms with Crippen LogP contribution in [0.1, 0.15) is 0 Å². The third-order valence-electron chi connectivity index (χ3n) is 2.39. The van der Waals surface area contributed by atoms with Crippen LogP contribution in [0.3, 0.4) is 0 Å². The average molecular weight is 322 g/mol. The molecule has 2 rings (SSSR count). The topological polar surface area (TPSA) is 99.4 Å². The third-order valence-corrected chi connectivity index (χ3v) is 3.36. The highest BCUT2D eigenvalue weighted by Gasteiger charge is 2.48. The normalized spacial score (nSPS) is 12.3. The highest BCUT2D eigenvalue weighted by Crippen LogP contribution is 2.33. The van der Waals surface area contributed by atoms with Gasteiger partial charge in [0.2, 0.25) is 0 Å². The Balaban J connectivity index is 2.62. The molecule has 1 aromatic carbocycles. The lowest BCUT2D eigenvalue weighted by Gasteiger charge is -2.10. The van der Waals surface area contributed by atoms with Gasteiger partial charge in [-0.05, 0) is 6.07 Å². The second-order valence-corrected chi connectivity index (χ2v) is 5.26. The second kappa shape index (κ2) is 4.84. The van der Waals surface area contributed by atoms with Gasteiger partial charge in [-0.1, -0.05) is 6.07 Å². The molecule has 0 saturated carbocycles. The Morgan fingerprint density at radius 1 is 1.24 bits per heavy atom. The summed E-state index contributed by atoms with van der Waals surface area (Å²) in [5, 5.41) is 10.6. The van der Waals surface area contributed by atoms with Crippen molar-refractivity contribution < 1.29 is 30.7 Å². The van der Waals surface area contributed by atoms with Gasteiger partial charge in [-0.3, -0.25) is 10.1 Å². The average Bonchev–Trinajstić information content (AvgIpc) is 2.36. The van der Waals surface area contributed by atoms with E-state index in [9.17, 15) is 31.7 Å². The van der Waals surface area contributed by atoms with Crippen molar-refractivity contribution >= 4 is 26.7 Å². The van der Waals surface area contributed by atoms with Crippen molar-refractivity contribution in [1.82, 2.24) is 4.98 Å². The van der Waals surface area contributed by atoms with Crippen LogP contribution >= 0.6 is 0 Å². The molecule has 112 valence electrons. The van der Waals surface area contributed by atoms with Gasteiger partial charge in [-0.25, -0.2) is 4.98 Å². The number of hydrogen-bond donors (Lipinski definition) is 0. The first-order chi connectivity index (χ1) is 9.63. The fourth-order valence-corrected chi connectivity index (χ4v) is 2.00. The van der Waals surface area contributed by atoms with Crippen LogP contribution < -0.4 is 4.18 Å². The molecule has 0 radical (unpaired) electrons. The summed E-state index contributed by atoms with van der Waals surface area (Å²) in [6.45, 7) is 0. The van der Waals surface area contributed by atoms with E-state index in [0.29, 0.717) is 0 Å². The van der Waals surface area contributed by atoms with Crippen molar-refractivity contribution in [3.8, 4) is 5.75 Å². The number of pyridine rings is 1. The van der Waals surface area contributed by atoms with Gasteiger partial charge >= 0.3 is 15.6 Å². The SMILES string of the molecule is O=[N+]([O-])c1cccc2c(OS(=O)(=O)C(F)(F)F)ccnc12. The first-order valence-electron chi connectivity index (χ1n) is 5.16. The van der Waals surface area contributed by atoms with Crippen molar-refractivity contribution in [2.24, 2.45) is 0 Å². The molecule has 2 aromatic rings. The Morgan fingerprint density at radius 2 is 1.90 bits per heavy atom. The molecule has 1 aromatic heterocycles. The molecule has 0 unspecified atom stereocenters. The third kappa shape index (κ3) is 2.72. The van der Waals surface area contributed by atoms with Crippen LogP contribution in [0.25, 0.3) is 10.9 Å².